The van der Waals surface area contributed by atoms with Gasteiger partial charge in [-0.1, -0.05) is 18.2 Å². The minimum Gasteiger partial charge on any atom is -0.348 e. The molecule has 4 nitrogen and oxygen atoms in total. The first-order valence-electron chi connectivity index (χ1n) is 6.14. The highest BCUT2D eigenvalue weighted by Crippen LogP contribution is 2.06. The van der Waals surface area contributed by atoms with Crippen LogP contribution in [-0.2, 0) is 11.3 Å². The maximum absolute atomic E-state index is 11.9. The van der Waals surface area contributed by atoms with E-state index >= 15 is 0 Å². The first-order chi connectivity index (χ1) is 8.86. The quantitative estimate of drug-likeness (QED) is 0.643. The Bertz CT molecular complexity index is 591. The Hall–Kier alpha value is -2.10. The van der Waals surface area contributed by atoms with Gasteiger partial charge in [0.2, 0.25) is 0 Å². The number of pyridine rings is 1. The average molecular weight is 260 g/mol. The lowest BCUT2D eigenvalue weighted by Crippen LogP contribution is -2.28. The van der Waals surface area contributed by atoms with Gasteiger partial charge in [0.15, 0.2) is 0 Å². The number of amides is 1. The Labute approximate surface area is 113 Å². The van der Waals surface area contributed by atoms with Crippen molar-refractivity contribution in [2.75, 3.05) is 0 Å². The number of carbonyl (C=O) groups excluding carboxylic acids is 1. The van der Waals surface area contributed by atoms with Crippen LogP contribution in [0.15, 0.2) is 34.7 Å². The number of carbonyl (C=O) groups is 1. The van der Waals surface area contributed by atoms with Crippen LogP contribution in [-0.4, -0.2) is 10.9 Å². The van der Waals surface area contributed by atoms with E-state index in [-0.39, 0.29) is 18.0 Å². The summed E-state index contributed by atoms with van der Waals surface area (Å²) in [6, 6.07) is 1.89. The molecule has 19 heavy (non-hydrogen) atoms. The molecular formula is C15H20N2O2. The molecule has 0 spiro atoms. The fraction of sp³-hybridized carbons (Fsp3) is 0.333. The molecule has 1 aromatic rings. The highest BCUT2D eigenvalue weighted by molar-refractivity contribution is 5.96. The zero-order chi connectivity index (χ0) is 14.6. The standard InChI is InChI=1S/C15H20N2O2/c1-6-12(9(2)3)14(18)16-8-13-10(4)7-11(5)17-15(13)19/h6-7H,1,8H2,2-5H3,(H,16,18)(H,17,19). The van der Waals surface area contributed by atoms with Gasteiger partial charge >= 0.3 is 0 Å². The summed E-state index contributed by atoms with van der Waals surface area (Å²) in [5.74, 6) is -0.214. The zero-order valence-corrected chi connectivity index (χ0v) is 11.9. The highest BCUT2D eigenvalue weighted by atomic mass is 16.1. The van der Waals surface area contributed by atoms with Crippen molar-refractivity contribution in [2.24, 2.45) is 0 Å². The number of nitrogens with one attached hydrogen (secondary N) is 2. The third-order valence-corrected chi connectivity index (χ3v) is 2.91. The fourth-order valence-corrected chi connectivity index (χ4v) is 1.89. The van der Waals surface area contributed by atoms with Crippen LogP contribution in [0.4, 0.5) is 0 Å². The van der Waals surface area contributed by atoms with E-state index in [1.165, 1.54) is 6.08 Å². The number of aromatic nitrogens is 1. The number of allylic oxidation sites excluding steroid dienone is 1. The molecule has 1 aromatic heterocycles. The van der Waals surface area contributed by atoms with Crippen molar-refractivity contribution in [3.63, 3.8) is 0 Å². The van der Waals surface area contributed by atoms with E-state index in [0.717, 1.165) is 16.8 Å². The van der Waals surface area contributed by atoms with Crippen molar-refractivity contribution < 1.29 is 4.79 Å². The molecule has 0 saturated heterocycles. The van der Waals surface area contributed by atoms with Gasteiger partial charge < -0.3 is 10.3 Å². The van der Waals surface area contributed by atoms with E-state index in [1.807, 2.05) is 33.8 Å². The summed E-state index contributed by atoms with van der Waals surface area (Å²) in [5, 5.41) is 2.74. The SMILES string of the molecule is C=CC(C(=O)NCc1c(C)cc(C)[nH]c1=O)=C(C)C. The van der Waals surface area contributed by atoms with E-state index in [2.05, 4.69) is 16.9 Å². The molecule has 0 aliphatic rings. The van der Waals surface area contributed by atoms with Gasteiger partial charge in [0.1, 0.15) is 0 Å². The fourth-order valence-electron chi connectivity index (χ4n) is 1.89. The average Bonchev–Trinajstić information content (AvgIpc) is 2.27. The van der Waals surface area contributed by atoms with E-state index in [1.54, 1.807) is 0 Å². The van der Waals surface area contributed by atoms with Crippen molar-refractivity contribution in [3.05, 3.63) is 57.0 Å². The van der Waals surface area contributed by atoms with Gasteiger partial charge in [-0.05, 0) is 39.3 Å². The maximum Gasteiger partial charge on any atom is 0.253 e. The highest BCUT2D eigenvalue weighted by Gasteiger charge is 2.10. The molecule has 0 aliphatic carbocycles. The number of aryl methyl sites for hydroxylation is 2. The molecular weight excluding hydrogens is 240 g/mol. The monoisotopic (exact) mass is 260 g/mol. The molecule has 0 atom stereocenters. The van der Waals surface area contributed by atoms with Gasteiger partial charge in [-0.2, -0.15) is 0 Å². The second-order valence-corrected chi connectivity index (χ2v) is 4.74. The second-order valence-electron chi connectivity index (χ2n) is 4.74. The largest absolute Gasteiger partial charge is 0.348 e. The molecule has 1 rings (SSSR count). The molecule has 0 aromatic carbocycles. The Balaban J connectivity index is 2.90. The Kier molecular flexibility index (Phi) is 4.87. The van der Waals surface area contributed by atoms with Gasteiger partial charge in [-0.15, -0.1) is 0 Å². The summed E-state index contributed by atoms with van der Waals surface area (Å²) >= 11 is 0. The van der Waals surface area contributed by atoms with Gasteiger partial charge in [-0.3, -0.25) is 9.59 Å². The Morgan fingerprint density at radius 3 is 2.53 bits per heavy atom. The van der Waals surface area contributed by atoms with Crippen molar-refractivity contribution in [3.8, 4) is 0 Å². The minimum absolute atomic E-state index is 0.157. The second kappa shape index (κ2) is 6.18. The summed E-state index contributed by atoms with van der Waals surface area (Å²) in [7, 11) is 0. The van der Waals surface area contributed by atoms with Crippen molar-refractivity contribution in [2.45, 2.75) is 34.2 Å². The van der Waals surface area contributed by atoms with Gasteiger partial charge in [-0.25, -0.2) is 0 Å². The summed E-state index contributed by atoms with van der Waals surface area (Å²) in [4.78, 5) is 26.5. The van der Waals surface area contributed by atoms with Crippen LogP contribution in [0.2, 0.25) is 0 Å². The Morgan fingerprint density at radius 1 is 1.42 bits per heavy atom. The third kappa shape index (κ3) is 3.68. The first kappa shape index (κ1) is 15.0. The first-order valence-corrected chi connectivity index (χ1v) is 6.14. The van der Waals surface area contributed by atoms with E-state index in [0.29, 0.717) is 11.1 Å². The molecule has 1 amide bonds. The van der Waals surface area contributed by atoms with Gasteiger partial charge in [0, 0.05) is 23.4 Å². The molecule has 0 saturated carbocycles. The number of hydrogen-bond acceptors (Lipinski definition) is 2. The number of rotatable bonds is 4. The molecule has 0 unspecified atom stereocenters. The molecule has 0 aliphatic heterocycles. The normalized spacial score (nSPS) is 9.89. The van der Waals surface area contributed by atoms with Crippen LogP contribution >= 0.6 is 0 Å². The van der Waals surface area contributed by atoms with Gasteiger partial charge in [0.25, 0.3) is 11.5 Å². The predicted molar refractivity (Wildman–Crippen MR) is 77.0 cm³/mol. The molecule has 4 heteroatoms. The van der Waals surface area contributed by atoms with Crippen LogP contribution < -0.4 is 10.9 Å². The molecule has 0 bridgehead atoms. The minimum atomic E-state index is -0.214. The van der Waals surface area contributed by atoms with E-state index in [9.17, 15) is 9.59 Å². The molecule has 2 N–H and O–H groups in total. The van der Waals surface area contributed by atoms with E-state index < -0.39 is 0 Å². The van der Waals surface area contributed by atoms with Crippen LogP contribution in [0, 0.1) is 13.8 Å². The lowest BCUT2D eigenvalue weighted by molar-refractivity contribution is -0.117. The van der Waals surface area contributed by atoms with E-state index in [4.69, 9.17) is 0 Å². The van der Waals surface area contributed by atoms with Gasteiger partial charge in [0.05, 0.1) is 0 Å². The topological polar surface area (TPSA) is 62.0 Å². The maximum atomic E-state index is 11.9. The third-order valence-electron chi connectivity index (χ3n) is 2.91. The van der Waals surface area contributed by atoms with Crippen LogP contribution in [0.25, 0.3) is 0 Å². The predicted octanol–water partition coefficient (Wildman–Crippen LogP) is 2.13. The molecule has 1 heterocycles. The number of aromatic amines is 1. The van der Waals surface area contributed by atoms with Crippen molar-refractivity contribution >= 4 is 5.91 Å². The summed E-state index contributed by atoms with van der Waals surface area (Å²) < 4.78 is 0. The summed E-state index contributed by atoms with van der Waals surface area (Å²) in [6.07, 6.45) is 1.52. The van der Waals surface area contributed by atoms with Crippen LogP contribution in [0.3, 0.4) is 0 Å². The Morgan fingerprint density at radius 2 is 2.05 bits per heavy atom. The number of hydrogen-bond donors (Lipinski definition) is 2. The molecule has 102 valence electrons. The smallest absolute Gasteiger partial charge is 0.253 e. The zero-order valence-electron chi connectivity index (χ0n) is 11.9. The molecule has 0 radical (unpaired) electrons. The van der Waals surface area contributed by atoms with Crippen LogP contribution in [0.1, 0.15) is 30.7 Å². The number of H-pyrrole nitrogens is 1. The summed E-state index contributed by atoms with van der Waals surface area (Å²) in [6.45, 7) is 11.2. The lowest BCUT2D eigenvalue weighted by Gasteiger charge is -2.09. The lowest BCUT2D eigenvalue weighted by atomic mass is 10.1. The summed E-state index contributed by atoms with van der Waals surface area (Å²) in [5.41, 5.74) is 3.54. The molecule has 0 fully saturated rings. The van der Waals surface area contributed by atoms with Crippen LogP contribution in [0.5, 0.6) is 0 Å². The van der Waals surface area contributed by atoms with Crippen molar-refractivity contribution in [1.82, 2.24) is 10.3 Å². The van der Waals surface area contributed by atoms with Crippen molar-refractivity contribution in [1.29, 1.82) is 0 Å².